The van der Waals surface area contributed by atoms with E-state index in [2.05, 4.69) is 26.0 Å². The molecular formula is C22H38O4. The zero-order valence-electron chi connectivity index (χ0n) is 16.7. The maximum Gasteiger partial charge on any atom is 0.332 e. The number of Topliss-reactive ketones (excluding diaryl/α,β-unsaturated/α-hetero) is 1. The van der Waals surface area contributed by atoms with Crippen LogP contribution in [0.5, 0.6) is 0 Å². The van der Waals surface area contributed by atoms with Gasteiger partial charge in [0.2, 0.25) is 0 Å². The van der Waals surface area contributed by atoms with Crippen LogP contribution < -0.4 is 0 Å². The molecule has 26 heavy (non-hydrogen) atoms. The van der Waals surface area contributed by atoms with Crippen molar-refractivity contribution in [3.8, 4) is 0 Å². The summed E-state index contributed by atoms with van der Waals surface area (Å²) >= 11 is 0. The first-order valence-corrected chi connectivity index (χ1v) is 10.6. The van der Waals surface area contributed by atoms with Crippen LogP contribution in [0.15, 0.2) is 12.2 Å². The predicted molar refractivity (Wildman–Crippen MR) is 105 cm³/mol. The topological polar surface area (TPSA) is 74.6 Å². The second-order valence-electron chi connectivity index (χ2n) is 7.85. The van der Waals surface area contributed by atoms with E-state index < -0.39 is 12.1 Å². The Bertz CT molecular complexity index is 443. The third-order valence-corrected chi connectivity index (χ3v) is 5.83. The van der Waals surface area contributed by atoms with E-state index in [0.29, 0.717) is 31.0 Å². The number of carbonyl (C=O) groups excluding carboxylic acids is 1. The summed E-state index contributed by atoms with van der Waals surface area (Å²) in [5.41, 5.74) is 0. The van der Waals surface area contributed by atoms with Gasteiger partial charge in [0.15, 0.2) is 6.10 Å². The van der Waals surface area contributed by atoms with Crippen molar-refractivity contribution in [2.45, 2.75) is 97.0 Å². The van der Waals surface area contributed by atoms with E-state index in [-0.39, 0.29) is 5.92 Å². The largest absolute Gasteiger partial charge is 0.479 e. The minimum absolute atomic E-state index is 0.145. The van der Waals surface area contributed by atoms with Crippen LogP contribution in [-0.4, -0.2) is 28.1 Å². The SMILES string of the molecule is CCCCC(CC)CC=C[C@H]1CCC(=O)[C@@H]1CCCCCC(O)C(=O)O. The molecule has 0 amide bonds. The lowest BCUT2D eigenvalue weighted by atomic mass is 9.88. The van der Waals surface area contributed by atoms with Gasteiger partial charge < -0.3 is 10.2 Å². The Labute approximate surface area is 159 Å². The first kappa shape index (κ1) is 22.9. The van der Waals surface area contributed by atoms with Gasteiger partial charge in [0.05, 0.1) is 0 Å². The highest BCUT2D eigenvalue weighted by Crippen LogP contribution is 2.34. The highest BCUT2D eigenvalue weighted by molar-refractivity contribution is 5.83. The highest BCUT2D eigenvalue weighted by Gasteiger charge is 2.32. The van der Waals surface area contributed by atoms with Crippen molar-refractivity contribution in [2.75, 3.05) is 0 Å². The molecule has 2 unspecified atom stereocenters. The number of allylic oxidation sites excluding steroid dienone is 2. The second-order valence-corrected chi connectivity index (χ2v) is 7.85. The molecular weight excluding hydrogens is 328 g/mol. The van der Waals surface area contributed by atoms with Crippen molar-refractivity contribution in [3.05, 3.63) is 12.2 Å². The van der Waals surface area contributed by atoms with E-state index >= 15 is 0 Å². The maximum atomic E-state index is 12.2. The Balaban J connectivity index is 2.33. The van der Waals surface area contributed by atoms with E-state index in [1.165, 1.54) is 25.7 Å². The van der Waals surface area contributed by atoms with Gasteiger partial charge in [0.25, 0.3) is 0 Å². The quantitative estimate of drug-likeness (QED) is 0.330. The molecule has 0 spiro atoms. The van der Waals surface area contributed by atoms with Crippen molar-refractivity contribution in [1.82, 2.24) is 0 Å². The van der Waals surface area contributed by atoms with Gasteiger partial charge in [0, 0.05) is 12.3 Å². The molecule has 150 valence electrons. The molecule has 1 fully saturated rings. The summed E-state index contributed by atoms with van der Waals surface area (Å²) in [6, 6.07) is 0. The predicted octanol–water partition coefficient (Wildman–Crippen LogP) is 5.14. The number of carbonyl (C=O) groups is 2. The Kier molecular flexibility index (Phi) is 11.5. The molecule has 0 radical (unpaired) electrons. The summed E-state index contributed by atoms with van der Waals surface area (Å²) in [4.78, 5) is 22.8. The molecule has 1 aliphatic carbocycles. The first-order valence-electron chi connectivity index (χ1n) is 10.6. The Morgan fingerprint density at radius 3 is 2.62 bits per heavy atom. The smallest absolute Gasteiger partial charge is 0.332 e. The van der Waals surface area contributed by atoms with Crippen molar-refractivity contribution in [1.29, 1.82) is 0 Å². The van der Waals surface area contributed by atoms with Crippen LogP contribution in [0.2, 0.25) is 0 Å². The average Bonchev–Trinajstić information content (AvgIpc) is 2.97. The zero-order chi connectivity index (χ0) is 19.4. The molecule has 0 aromatic heterocycles. The molecule has 0 aliphatic heterocycles. The number of rotatable bonds is 14. The molecule has 4 atom stereocenters. The lowest BCUT2D eigenvalue weighted by molar-refractivity contribution is -0.146. The molecule has 0 saturated heterocycles. The number of ketones is 1. The van der Waals surface area contributed by atoms with Crippen LogP contribution in [0.1, 0.15) is 90.9 Å². The number of aliphatic hydroxyl groups is 1. The van der Waals surface area contributed by atoms with Gasteiger partial charge in [-0.3, -0.25) is 4.79 Å². The summed E-state index contributed by atoms with van der Waals surface area (Å²) in [6.45, 7) is 4.50. The molecule has 0 heterocycles. The first-order chi connectivity index (χ1) is 12.5. The normalized spacial score (nSPS) is 22.8. The fourth-order valence-electron chi connectivity index (χ4n) is 3.97. The average molecular weight is 367 g/mol. The monoisotopic (exact) mass is 366 g/mol. The lowest BCUT2D eigenvalue weighted by Crippen LogP contribution is -2.19. The molecule has 4 heteroatoms. The summed E-state index contributed by atoms with van der Waals surface area (Å²) < 4.78 is 0. The van der Waals surface area contributed by atoms with Gasteiger partial charge in [-0.05, 0) is 37.5 Å². The molecule has 0 aromatic rings. The van der Waals surface area contributed by atoms with E-state index in [9.17, 15) is 14.7 Å². The number of unbranched alkanes of at least 4 members (excludes halogenated alkanes) is 3. The van der Waals surface area contributed by atoms with Crippen LogP contribution in [-0.2, 0) is 9.59 Å². The number of carboxylic acid groups (broad SMARTS) is 1. The van der Waals surface area contributed by atoms with Crippen LogP contribution in [0.3, 0.4) is 0 Å². The number of aliphatic hydroxyl groups excluding tert-OH is 1. The Hall–Kier alpha value is -1.16. The standard InChI is InChI=1S/C22H38O4/c1-3-5-10-17(4-2)11-9-12-18-15-16-20(23)19(18)13-7-6-8-14-21(24)22(25)26/h9,12,17-19,21,24H,3-8,10-11,13-16H2,1-2H3,(H,25,26)/t17?,18-,19+,21?/m0/s1. The molecule has 1 saturated carbocycles. The molecule has 4 nitrogen and oxygen atoms in total. The van der Waals surface area contributed by atoms with Crippen LogP contribution >= 0.6 is 0 Å². The maximum absolute atomic E-state index is 12.2. The molecule has 0 bridgehead atoms. The third kappa shape index (κ3) is 8.48. The van der Waals surface area contributed by atoms with Crippen LogP contribution in [0, 0.1) is 17.8 Å². The lowest BCUT2D eigenvalue weighted by Gasteiger charge is -2.16. The van der Waals surface area contributed by atoms with Gasteiger partial charge in [-0.15, -0.1) is 0 Å². The van der Waals surface area contributed by atoms with Crippen LogP contribution in [0.25, 0.3) is 0 Å². The summed E-state index contributed by atoms with van der Waals surface area (Å²) in [5.74, 6) is 0.540. The molecule has 2 N–H and O–H groups in total. The van der Waals surface area contributed by atoms with Crippen molar-refractivity contribution < 1.29 is 19.8 Å². The molecule has 1 aliphatic rings. The van der Waals surface area contributed by atoms with Crippen molar-refractivity contribution >= 4 is 11.8 Å². The highest BCUT2D eigenvalue weighted by atomic mass is 16.4. The minimum Gasteiger partial charge on any atom is -0.479 e. The van der Waals surface area contributed by atoms with E-state index in [1.54, 1.807) is 0 Å². The van der Waals surface area contributed by atoms with Crippen molar-refractivity contribution in [3.63, 3.8) is 0 Å². The van der Waals surface area contributed by atoms with Crippen molar-refractivity contribution in [2.24, 2.45) is 17.8 Å². The van der Waals surface area contributed by atoms with Crippen LogP contribution in [0.4, 0.5) is 0 Å². The van der Waals surface area contributed by atoms with Gasteiger partial charge in [-0.25, -0.2) is 4.79 Å². The molecule has 0 aromatic carbocycles. The third-order valence-electron chi connectivity index (χ3n) is 5.83. The summed E-state index contributed by atoms with van der Waals surface area (Å²) in [5, 5.41) is 17.9. The number of carboxylic acids is 1. The van der Waals surface area contributed by atoms with E-state index in [0.717, 1.165) is 38.0 Å². The summed E-state index contributed by atoms with van der Waals surface area (Å²) in [6.07, 6.45) is 14.9. The number of hydrogen-bond acceptors (Lipinski definition) is 3. The van der Waals surface area contributed by atoms with Gasteiger partial charge in [-0.2, -0.15) is 0 Å². The van der Waals surface area contributed by atoms with Gasteiger partial charge >= 0.3 is 5.97 Å². The van der Waals surface area contributed by atoms with Gasteiger partial charge in [0.1, 0.15) is 5.78 Å². The molecule has 1 rings (SSSR count). The van der Waals surface area contributed by atoms with E-state index in [1.807, 2.05) is 0 Å². The Morgan fingerprint density at radius 1 is 1.19 bits per heavy atom. The summed E-state index contributed by atoms with van der Waals surface area (Å²) in [7, 11) is 0. The van der Waals surface area contributed by atoms with Gasteiger partial charge in [-0.1, -0.05) is 70.9 Å². The minimum atomic E-state index is -1.25. The number of aliphatic carboxylic acids is 1. The fourth-order valence-corrected chi connectivity index (χ4v) is 3.97. The fraction of sp³-hybridized carbons (Fsp3) is 0.818. The van der Waals surface area contributed by atoms with E-state index in [4.69, 9.17) is 5.11 Å². The second kappa shape index (κ2) is 13.1. The number of hydrogen-bond donors (Lipinski definition) is 2. The zero-order valence-corrected chi connectivity index (χ0v) is 16.7. The Morgan fingerprint density at radius 2 is 1.96 bits per heavy atom.